The maximum Gasteiger partial charge on any atom is 0.223 e. The van der Waals surface area contributed by atoms with Crippen LogP contribution in [0.2, 0.25) is 0 Å². The second-order valence-electron chi connectivity index (χ2n) is 7.58. The van der Waals surface area contributed by atoms with Gasteiger partial charge in [0.1, 0.15) is 6.33 Å². The third-order valence-corrected chi connectivity index (χ3v) is 6.79. The Kier molecular flexibility index (Phi) is 6.61. The van der Waals surface area contributed by atoms with E-state index in [9.17, 15) is 4.79 Å². The minimum absolute atomic E-state index is 0.0664. The normalized spacial score (nSPS) is 19.2. The van der Waals surface area contributed by atoms with E-state index in [1.165, 1.54) is 4.88 Å². The zero-order chi connectivity index (χ0) is 20.1. The van der Waals surface area contributed by atoms with Crippen LogP contribution in [0.3, 0.4) is 0 Å². The Morgan fingerprint density at radius 2 is 2.07 bits per heavy atom. The van der Waals surface area contributed by atoms with E-state index in [1.807, 2.05) is 12.3 Å². The number of hydrogen-bond donors (Lipinski definition) is 1. The third kappa shape index (κ3) is 4.70. The molecule has 8 heteroatoms. The van der Waals surface area contributed by atoms with Crippen LogP contribution in [0.15, 0.2) is 30.0 Å². The SMILES string of the molecule is CCC(NC(=O)C1CCN(c2cncnc2N2CCOCC2)CC1)c1cccs1. The van der Waals surface area contributed by atoms with Gasteiger partial charge in [-0.05, 0) is 30.7 Å². The Morgan fingerprint density at radius 1 is 1.28 bits per heavy atom. The first-order valence-electron chi connectivity index (χ1n) is 10.5. The van der Waals surface area contributed by atoms with E-state index in [1.54, 1.807) is 17.7 Å². The van der Waals surface area contributed by atoms with Gasteiger partial charge in [-0.2, -0.15) is 0 Å². The molecule has 156 valence electrons. The van der Waals surface area contributed by atoms with Gasteiger partial charge in [-0.25, -0.2) is 9.97 Å². The van der Waals surface area contributed by atoms with Crippen molar-refractivity contribution in [2.75, 3.05) is 49.2 Å². The van der Waals surface area contributed by atoms with Crippen molar-refractivity contribution in [2.45, 2.75) is 32.2 Å². The largest absolute Gasteiger partial charge is 0.378 e. The molecule has 2 aliphatic heterocycles. The van der Waals surface area contributed by atoms with E-state index in [-0.39, 0.29) is 17.9 Å². The summed E-state index contributed by atoms with van der Waals surface area (Å²) in [4.78, 5) is 27.5. The summed E-state index contributed by atoms with van der Waals surface area (Å²) < 4.78 is 5.47. The highest BCUT2D eigenvalue weighted by Crippen LogP contribution is 2.31. The van der Waals surface area contributed by atoms with Crippen molar-refractivity contribution in [3.8, 4) is 0 Å². The van der Waals surface area contributed by atoms with Crippen LogP contribution in [0.4, 0.5) is 11.5 Å². The van der Waals surface area contributed by atoms with Gasteiger partial charge < -0.3 is 19.9 Å². The summed E-state index contributed by atoms with van der Waals surface area (Å²) in [6, 6.07) is 4.27. The number of nitrogens with one attached hydrogen (secondary N) is 1. The molecule has 0 bridgehead atoms. The molecule has 7 nitrogen and oxygen atoms in total. The summed E-state index contributed by atoms with van der Waals surface area (Å²) >= 11 is 1.71. The maximum absolute atomic E-state index is 12.8. The number of hydrogen-bond acceptors (Lipinski definition) is 7. The van der Waals surface area contributed by atoms with Crippen LogP contribution in [0.5, 0.6) is 0 Å². The zero-order valence-corrected chi connectivity index (χ0v) is 17.7. The number of nitrogens with zero attached hydrogens (tertiary/aromatic N) is 4. The summed E-state index contributed by atoms with van der Waals surface area (Å²) in [5.74, 6) is 1.23. The zero-order valence-electron chi connectivity index (χ0n) is 16.9. The van der Waals surface area contributed by atoms with Crippen molar-refractivity contribution in [2.24, 2.45) is 5.92 Å². The molecule has 0 saturated carbocycles. The van der Waals surface area contributed by atoms with E-state index in [0.717, 1.165) is 70.2 Å². The van der Waals surface area contributed by atoms with Gasteiger partial charge in [-0.1, -0.05) is 13.0 Å². The van der Waals surface area contributed by atoms with E-state index < -0.39 is 0 Å². The monoisotopic (exact) mass is 415 g/mol. The van der Waals surface area contributed by atoms with Crippen LogP contribution < -0.4 is 15.1 Å². The fourth-order valence-electron chi connectivity index (χ4n) is 4.09. The molecule has 0 aromatic carbocycles. The molecule has 2 aromatic rings. The minimum atomic E-state index is 0.0664. The number of anilines is 2. The van der Waals surface area contributed by atoms with Gasteiger partial charge in [0.15, 0.2) is 5.82 Å². The highest BCUT2D eigenvalue weighted by Gasteiger charge is 2.29. The van der Waals surface area contributed by atoms with Gasteiger partial charge in [-0.15, -0.1) is 11.3 Å². The molecule has 0 aliphatic carbocycles. The number of aromatic nitrogens is 2. The number of piperidine rings is 1. The first kappa shape index (κ1) is 20.1. The summed E-state index contributed by atoms with van der Waals surface area (Å²) in [6.07, 6.45) is 6.13. The quantitative estimate of drug-likeness (QED) is 0.782. The number of ether oxygens (including phenoxy) is 1. The van der Waals surface area contributed by atoms with Crippen LogP contribution in [0.1, 0.15) is 37.1 Å². The lowest BCUT2D eigenvalue weighted by molar-refractivity contribution is -0.126. The summed E-state index contributed by atoms with van der Waals surface area (Å²) in [5, 5.41) is 5.33. The second-order valence-corrected chi connectivity index (χ2v) is 8.56. The van der Waals surface area contributed by atoms with Gasteiger partial charge in [-0.3, -0.25) is 4.79 Å². The van der Waals surface area contributed by atoms with E-state index in [4.69, 9.17) is 4.74 Å². The lowest BCUT2D eigenvalue weighted by Gasteiger charge is -2.36. The van der Waals surface area contributed by atoms with Gasteiger partial charge in [0.2, 0.25) is 5.91 Å². The lowest BCUT2D eigenvalue weighted by atomic mass is 9.95. The average Bonchev–Trinajstić information content (AvgIpc) is 3.33. The summed E-state index contributed by atoms with van der Waals surface area (Å²) in [7, 11) is 0. The molecule has 1 amide bonds. The van der Waals surface area contributed by atoms with Gasteiger partial charge in [0.25, 0.3) is 0 Å². The number of thiophene rings is 1. The standard InChI is InChI=1S/C21H29N5O2S/c1-2-17(19-4-3-13-29-19)24-21(27)16-5-7-25(8-6-16)18-14-22-15-23-20(18)26-9-11-28-12-10-26/h3-4,13-17H,2,5-12H2,1H3,(H,24,27). The molecule has 1 unspecified atom stereocenters. The molecule has 4 rings (SSSR count). The Labute approximate surface area is 176 Å². The number of carbonyl (C=O) groups excluding carboxylic acids is 1. The smallest absolute Gasteiger partial charge is 0.223 e. The van der Waals surface area contributed by atoms with Crippen molar-refractivity contribution < 1.29 is 9.53 Å². The highest BCUT2D eigenvalue weighted by molar-refractivity contribution is 7.10. The first-order valence-corrected chi connectivity index (χ1v) is 11.4. The van der Waals surface area contributed by atoms with Crippen LogP contribution in [-0.4, -0.2) is 55.3 Å². The first-order chi connectivity index (χ1) is 14.3. The Bertz CT molecular complexity index is 786. The van der Waals surface area contributed by atoms with Gasteiger partial charge in [0, 0.05) is 37.0 Å². The van der Waals surface area contributed by atoms with Crippen LogP contribution in [-0.2, 0) is 9.53 Å². The molecule has 1 N–H and O–H groups in total. The number of amides is 1. The molecule has 1 atom stereocenters. The molecule has 0 spiro atoms. The number of rotatable bonds is 6. The molecule has 0 radical (unpaired) electrons. The Morgan fingerprint density at radius 3 is 2.76 bits per heavy atom. The molecule has 2 aromatic heterocycles. The fourth-order valence-corrected chi connectivity index (χ4v) is 4.96. The fraction of sp³-hybridized carbons (Fsp3) is 0.571. The van der Waals surface area contributed by atoms with Crippen LogP contribution in [0.25, 0.3) is 0 Å². The molecular formula is C21H29N5O2S. The molecule has 2 saturated heterocycles. The van der Waals surface area contributed by atoms with Gasteiger partial charge >= 0.3 is 0 Å². The molecule has 4 heterocycles. The van der Waals surface area contributed by atoms with Crippen LogP contribution in [0, 0.1) is 5.92 Å². The van der Waals surface area contributed by atoms with E-state index in [0.29, 0.717) is 0 Å². The molecular weight excluding hydrogens is 386 g/mol. The maximum atomic E-state index is 12.8. The lowest BCUT2D eigenvalue weighted by Crippen LogP contribution is -2.43. The van der Waals surface area contributed by atoms with Crippen molar-refractivity contribution >= 4 is 28.7 Å². The Balaban J connectivity index is 1.36. The minimum Gasteiger partial charge on any atom is -0.378 e. The van der Waals surface area contributed by atoms with E-state index in [2.05, 4.69) is 43.5 Å². The highest BCUT2D eigenvalue weighted by atomic mass is 32.1. The van der Waals surface area contributed by atoms with Gasteiger partial charge in [0.05, 0.1) is 31.1 Å². The predicted molar refractivity (Wildman–Crippen MR) is 115 cm³/mol. The van der Waals surface area contributed by atoms with Crippen molar-refractivity contribution in [1.82, 2.24) is 15.3 Å². The molecule has 2 aliphatic rings. The molecule has 29 heavy (non-hydrogen) atoms. The summed E-state index contributed by atoms with van der Waals surface area (Å²) in [5.41, 5.74) is 1.07. The third-order valence-electron chi connectivity index (χ3n) is 5.80. The number of morpholine rings is 1. The predicted octanol–water partition coefficient (Wildman–Crippen LogP) is 2.86. The van der Waals surface area contributed by atoms with Crippen molar-refractivity contribution in [1.29, 1.82) is 0 Å². The summed E-state index contributed by atoms with van der Waals surface area (Å²) in [6.45, 7) is 6.98. The number of carbonyl (C=O) groups is 1. The van der Waals surface area contributed by atoms with Crippen molar-refractivity contribution in [3.63, 3.8) is 0 Å². The van der Waals surface area contributed by atoms with Crippen molar-refractivity contribution in [3.05, 3.63) is 34.9 Å². The second kappa shape index (κ2) is 9.54. The van der Waals surface area contributed by atoms with Crippen LogP contribution >= 0.6 is 11.3 Å². The topological polar surface area (TPSA) is 70.6 Å². The average molecular weight is 416 g/mol. The molecule has 2 fully saturated rings. The van der Waals surface area contributed by atoms with E-state index >= 15 is 0 Å². The Hall–Kier alpha value is -2.19.